The fraction of sp³-hybridized carbons (Fsp3) is 0.895. The van der Waals surface area contributed by atoms with E-state index >= 15 is 0 Å². The molecule has 27 heavy (non-hydrogen) atoms. The SMILES string of the molecule is O=C(N1CCCCC1)[S+]([O-])CC1CC(C2CCN(C(=O)[S+]([O-])C3CC3)C2)C1. The highest BCUT2D eigenvalue weighted by atomic mass is 32.2. The molecule has 4 aliphatic rings. The summed E-state index contributed by atoms with van der Waals surface area (Å²) in [6, 6.07) is 0. The van der Waals surface area contributed by atoms with Gasteiger partial charge in [0.1, 0.15) is 11.0 Å². The standard InChI is InChI=1S/C19H30N2O4S2/c22-18(20-7-2-1-3-8-20)26(24)13-14-10-16(11-14)15-6-9-21(12-15)19(23)27(25)17-4-5-17/h14-17H,1-13H2. The highest BCUT2D eigenvalue weighted by Gasteiger charge is 2.46. The molecule has 2 saturated carbocycles. The van der Waals surface area contributed by atoms with Crippen molar-refractivity contribution < 1.29 is 18.7 Å². The third kappa shape index (κ3) is 4.60. The lowest BCUT2D eigenvalue weighted by Crippen LogP contribution is -2.43. The van der Waals surface area contributed by atoms with Crippen LogP contribution in [0.3, 0.4) is 0 Å². The first kappa shape index (κ1) is 19.9. The fourth-order valence-electron chi connectivity index (χ4n) is 4.70. The molecule has 0 radical (unpaired) electrons. The molecule has 2 heterocycles. The lowest BCUT2D eigenvalue weighted by molar-refractivity contribution is 0.142. The summed E-state index contributed by atoms with van der Waals surface area (Å²) in [5.41, 5.74) is 0. The van der Waals surface area contributed by atoms with Crippen molar-refractivity contribution in [2.75, 3.05) is 31.9 Å². The Bertz CT molecular complexity index is 562. The van der Waals surface area contributed by atoms with Gasteiger partial charge in [0.15, 0.2) is 0 Å². The lowest BCUT2D eigenvalue weighted by atomic mass is 9.69. The van der Waals surface area contributed by atoms with Crippen molar-refractivity contribution in [3.63, 3.8) is 0 Å². The second-order valence-corrected chi connectivity index (χ2v) is 11.7. The summed E-state index contributed by atoms with van der Waals surface area (Å²) in [6.07, 6.45) is 8.07. The highest BCUT2D eigenvalue weighted by molar-refractivity contribution is 8.06. The van der Waals surface area contributed by atoms with Crippen LogP contribution in [-0.4, -0.2) is 66.6 Å². The Labute approximate surface area is 167 Å². The average Bonchev–Trinajstić information content (AvgIpc) is 3.40. The van der Waals surface area contributed by atoms with Crippen molar-refractivity contribution in [2.45, 2.75) is 56.6 Å². The molecule has 2 aliphatic carbocycles. The van der Waals surface area contributed by atoms with Gasteiger partial charge in [0.05, 0.1) is 0 Å². The van der Waals surface area contributed by atoms with Gasteiger partial charge < -0.3 is 9.11 Å². The lowest BCUT2D eigenvalue weighted by Gasteiger charge is -2.39. The van der Waals surface area contributed by atoms with E-state index in [0.29, 0.717) is 23.5 Å². The maximum Gasteiger partial charge on any atom is 0.429 e. The minimum absolute atomic E-state index is 0.108. The molecule has 4 rings (SSSR count). The van der Waals surface area contributed by atoms with E-state index in [1.54, 1.807) is 9.80 Å². The summed E-state index contributed by atoms with van der Waals surface area (Å²) in [5, 5.41) is -0.223. The van der Waals surface area contributed by atoms with E-state index in [0.717, 1.165) is 77.5 Å². The average molecular weight is 415 g/mol. The van der Waals surface area contributed by atoms with Gasteiger partial charge in [0.25, 0.3) is 0 Å². The van der Waals surface area contributed by atoms with E-state index in [1.807, 2.05) is 0 Å². The largest absolute Gasteiger partial charge is 0.608 e. The summed E-state index contributed by atoms with van der Waals surface area (Å²) in [5.74, 6) is 1.90. The number of likely N-dealkylation sites (tertiary alicyclic amines) is 2. The molecule has 152 valence electrons. The molecule has 0 aromatic heterocycles. The van der Waals surface area contributed by atoms with E-state index < -0.39 is 22.4 Å². The van der Waals surface area contributed by atoms with Gasteiger partial charge in [-0.1, -0.05) is 0 Å². The third-order valence-electron chi connectivity index (χ3n) is 6.62. The highest BCUT2D eigenvalue weighted by Crippen LogP contribution is 2.43. The third-order valence-corrected chi connectivity index (χ3v) is 9.72. The normalized spacial score (nSPS) is 33.5. The predicted molar refractivity (Wildman–Crippen MR) is 106 cm³/mol. The monoisotopic (exact) mass is 414 g/mol. The fourth-order valence-corrected chi connectivity index (χ4v) is 7.29. The van der Waals surface area contributed by atoms with Crippen molar-refractivity contribution in [3.05, 3.63) is 0 Å². The Kier molecular flexibility index (Phi) is 6.26. The summed E-state index contributed by atoms with van der Waals surface area (Å²) in [6.45, 7) is 2.96. The van der Waals surface area contributed by atoms with Crippen LogP contribution in [0.5, 0.6) is 0 Å². The predicted octanol–water partition coefficient (Wildman–Crippen LogP) is 2.72. The molecule has 2 saturated heterocycles. The molecule has 0 aromatic carbocycles. The van der Waals surface area contributed by atoms with E-state index in [-0.39, 0.29) is 15.7 Å². The summed E-state index contributed by atoms with van der Waals surface area (Å²) in [7, 11) is 0. The van der Waals surface area contributed by atoms with Crippen molar-refractivity contribution in [3.8, 4) is 0 Å². The second kappa shape index (κ2) is 8.51. The van der Waals surface area contributed by atoms with E-state index in [4.69, 9.17) is 0 Å². The molecule has 2 aliphatic heterocycles. The van der Waals surface area contributed by atoms with Gasteiger partial charge in [0, 0.05) is 67.3 Å². The molecular weight excluding hydrogens is 384 g/mol. The minimum atomic E-state index is -1.39. The number of hydrogen-bond donors (Lipinski definition) is 0. The van der Waals surface area contributed by atoms with E-state index in [2.05, 4.69) is 0 Å². The minimum Gasteiger partial charge on any atom is -0.608 e. The van der Waals surface area contributed by atoms with Gasteiger partial charge in [0.2, 0.25) is 0 Å². The molecule has 0 spiro atoms. The first-order valence-electron chi connectivity index (χ1n) is 10.4. The smallest absolute Gasteiger partial charge is 0.429 e. The Morgan fingerprint density at radius 2 is 1.56 bits per heavy atom. The number of amides is 2. The van der Waals surface area contributed by atoms with Crippen LogP contribution in [0.1, 0.15) is 51.4 Å². The maximum atomic E-state index is 12.4. The molecule has 0 N–H and O–H groups in total. The van der Waals surface area contributed by atoms with Gasteiger partial charge in [-0.2, -0.15) is 0 Å². The topological polar surface area (TPSA) is 86.7 Å². The van der Waals surface area contributed by atoms with Crippen LogP contribution >= 0.6 is 0 Å². The molecule has 3 atom stereocenters. The molecule has 4 fully saturated rings. The van der Waals surface area contributed by atoms with Crippen LogP contribution in [0.2, 0.25) is 0 Å². The zero-order valence-electron chi connectivity index (χ0n) is 15.8. The molecule has 0 bridgehead atoms. The van der Waals surface area contributed by atoms with Gasteiger partial charge >= 0.3 is 10.5 Å². The van der Waals surface area contributed by atoms with Crippen molar-refractivity contribution >= 4 is 32.8 Å². The zero-order chi connectivity index (χ0) is 19.0. The second-order valence-electron chi connectivity index (χ2n) is 8.68. The summed E-state index contributed by atoms with van der Waals surface area (Å²) >= 11 is -2.72. The number of carbonyl (C=O) groups is 2. The molecule has 0 aromatic rings. The van der Waals surface area contributed by atoms with Gasteiger partial charge in [-0.3, -0.25) is 9.80 Å². The Balaban J connectivity index is 1.17. The molecule has 3 unspecified atom stereocenters. The Morgan fingerprint density at radius 3 is 2.22 bits per heavy atom. The molecule has 6 nitrogen and oxygen atoms in total. The molecular formula is C19H30N2O4S2. The van der Waals surface area contributed by atoms with Crippen LogP contribution in [-0.2, 0) is 22.4 Å². The molecule has 8 heteroatoms. The Hall–Kier alpha value is -0.440. The summed E-state index contributed by atoms with van der Waals surface area (Å²) in [4.78, 5) is 28.2. The van der Waals surface area contributed by atoms with Crippen LogP contribution in [0.4, 0.5) is 9.59 Å². The number of nitrogens with zero attached hydrogens (tertiary/aromatic N) is 2. The summed E-state index contributed by atoms with van der Waals surface area (Å²) < 4.78 is 24.5. The number of rotatable bonds is 4. The quantitative estimate of drug-likeness (QED) is 0.662. The van der Waals surface area contributed by atoms with Crippen LogP contribution in [0, 0.1) is 17.8 Å². The van der Waals surface area contributed by atoms with Crippen LogP contribution in [0.25, 0.3) is 0 Å². The van der Waals surface area contributed by atoms with Crippen molar-refractivity contribution in [2.24, 2.45) is 17.8 Å². The first-order chi connectivity index (χ1) is 13.0. The molecule has 2 amide bonds. The van der Waals surface area contributed by atoms with Crippen molar-refractivity contribution in [1.82, 2.24) is 9.80 Å². The van der Waals surface area contributed by atoms with Crippen molar-refractivity contribution in [1.29, 1.82) is 0 Å². The van der Waals surface area contributed by atoms with E-state index in [1.165, 1.54) is 0 Å². The Morgan fingerprint density at radius 1 is 0.852 bits per heavy atom. The van der Waals surface area contributed by atoms with Gasteiger partial charge in [-0.15, -0.1) is 0 Å². The maximum absolute atomic E-state index is 12.4. The zero-order valence-corrected chi connectivity index (χ0v) is 17.5. The van der Waals surface area contributed by atoms with E-state index in [9.17, 15) is 18.7 Å². The first-order valence-corrected chi connectivity index (χ1v) is 12.9. The number of carbonyl (C=O) groups excluding carboxylic acids is 2. The van der Waals surface area contributed by atoms with Gasteiger partial charge in [-0.25, -0.2) is 9.59 Å². The van der Waals surface area contributed by atoms with Crippen LogP contribution in [0.15, 0.2) is 0 Å². The number of hydrogen-bond acceptors (Lipinski definition) is 4. The number of piperidine rings is 1. The van der Waals surface area contributed by atoms with Crippen LogP contribution < -0.4 is 0 Å². The van der Waals surface area contributed by atoms with Gasteiger partial charge in [-0.05, 0) is 50.4 Å².